The molecule has 6 rings (SSSR count). The average molecular weight is 606 g/mol. The van der Waals surface area contributed by atoms with Crippen molar-refractivity contribution >= 4 is 61.1 Å². The van der Waals surface area contributed by atoms with Gasteiger partial charge >= 0.3 is 0 Å². The van der Waals surface area contributed by atoms with E-state index in [0.29, 0.717) is 16.7 Å². The predicted molar refractivity (Wildman–Crippen MR) is 147 cm³/mol. The highest BCUT2D eigenvalue weighted by Gasteiger charge is 2.61. The lowest BCUT2D eigenvalue weighted by molar-refractivity contribution is -0.172. The molecule has 1 aliphatic heterocycles. The van der Waals surface area contributed by atoms with Gasteiger partial charge in [-0.1, -0.05) is 42.3 Å². The van der Waals surface area contributed by atoms with Crippen LogP contribution >= 0.6 is 39.1 Å². The highest BCUT2D eigenvalue weighted by atomic mass is 79.9. The van der Waals surface area contributed by atoms with Crippen LogP contribution in [-0.2, 0) is 9.47 Å². The number of benzene rings is 1. The molecule has 2 fully saturated rings. The Labute approximate surface area is 233 Å². The Bertz CT molecular complexity index is 1510. The van der Waals surface area contributed by atoms with Gasteiger partial charge in [-0.25, -0.2) is 15.0 Å². The number of fused-ring (bicyclic) bond motifs is 3. The number of hydrogen-bond donors (Lipinski definition) is 1. The smallest absolute Gasteiger partial charge is 0.163 e. The van der Waals surface area contributed by atoms with E-state index >= 15 is 0 Å². The van der Waals surface area contributed by atoms with Crippen LogP contribution in [0.15, 0.2) is 47.3 Å². The van der Waals surface area contributed by atoms with E-state index in [0.717, 1.165) is 44.8 Å². The SMILES string of the molecule is CC[C@]1(CC(O)c2ccc3cc(Br)c(Cl)nc3c2)C[C@@H](n2ccc3c(Cl)ncnc32)[C@@H]2OC(C)(C)O[C@@H]21. The molecule has 2 aliphatic rings. The second kappa shape index (κ2) is 9.14. The summed E-state index contributed by atoms with van der Waals surface area (Å²) in [7, 11) is 0. The second-order valence-corrected chi connectivity index (χ2v) is 12.1. The molecule has 37 heavy (non-hydrogen) atoms. The van der Waals surface area contributed by atoms with Crippen molar-refractivity contribution in [2.24, 2.45) is 5.41 Å². The molecule has 4 heterocycles. The van der Waals surface area contributed by atoms with Crippen LogP contribution in [0.3, 0.4) is 0 Å². The first kappa shape index (κ1) is 25.5. The molecule has 0 amide bonds. The molecule has 5 atom stereocenters. The Balaban J connectivity index is 1.37. The number of aliphatic hydroxyl groups is 1. The highest BCUT2D eigenvalue weighted by molar-refractivity contribution is 9.10. The summed E-state index contributed by atoms with van der Waals surface area (Å²) < 4.78 is 15.9. The molecular weight excluding hydrogens is 579 g/mol. The quantitative estimate of drug-likeness (QED) is 0.194. The molecule has 1 aromatic carbocycles. The van der Waals surface area contributed by atoms with Gasteiger partial charge in [0.15, 0.2) is 5.79 Å². The molecule has 1 unspecified atom stereocenters. The van der Waals surface area contributed by atoms with E-state index in [4.69, 9.17) is 32.7 Å². The summed E-state index contributed by atoms with van der Waals surface area (Å²) in [6.07, 6.45) is 4.50. The number of pyridine rings is 1. The van der Waals surface area contributed by atoms with Crippen LogP contribution in [0.2, 0.25) is 10.3 Å². The molecule has 1 N–H and O–H groups in total. The molecule has 1 aliphatic carbocycles. The Morgan fingerprint density at radius 1 is 1.16 bits per heavy atom. The van der Waals surface area contributed by atoms with Crippen molar-refractivity contribution in [1.82, 2.24) is 19.5 Å². The fraction of sp³-hybridized carbons (Fsp3) is 0.444. The Morgan fingerprint density at radius 2 is 1.97 bits per heavy atom. The Kier molecular flexibility index (Phi) is 6.29. The third-order valence-electron chi connectivity index (χ3n) is 7.99. The first-order chi connectivity index (χ1) is 17.6. The summed E-state index contributed by atoms with van der Waals surface area (Å²) in [5.41, 5.74) is 1.99. The maximum absolute atomic E-state index is 11.5. The summed E-state index contributed by atoms with van der Waals surface area (Å²) in [5, 5.41) is 14.1. The van der Waals surface area contributed by atoms with Crippen molar-refractivity contribution in [2.75, 3.05) is 0 Å². The summed E-state index contributed by atoms with van der Waals surface area (Å²) in [6, 6.07) is 9.69. The molecule has 4 aromatic rings. The minimum Gasteiger partial charge on any atom is -0.388 e. The van der Waals surface area contributed by atoms with E-state index in [-0.39, 0.29) is 23.7 Å². The molecule has 0 spiro atoms. The molecule has 1 saturated carbocycles. The maximum atomic E-state index is 11.5. The summed E-state index contributed by atoms with van der Waals surface area (Å²) in [4.78, 5) is 13.1. The number of ether oxygens (including phenoxy) is 2. The highest BCUT2D eigenvalue weighted by Crippen LogP contribution is 2.58. The zero-order chi connectivity index (χ0) is 26.1. The number of hydrogen-bond acceptors (Lipinski definition) is 6. The van der Waals surface area contributed by atoms with Crippen LogP contribution in [0.25, 0.3) is 21.9 Å². The minimum atomic E-state index is -0.730. The lowest BCUT2D eigenvalue weighted by Gasteiger charge is -2.36. The fourth-order valence-electron chi connectivity index (χ4n) is 6.19. The number of aromatic nitrogens is 4. The second-order valence-electron chi connectivity index (χ2n) is 10.6. The van der Waals surface area contributed by atoms with Crippen LogP contribution < -0.4 is 0 Å². The van der Waals surface area contributed by atoms with Gasteiger partial charge in [-0.15, -0.1) is 0 Å². The third-order valence-corrected chi connectivity index (χ3v) is 9.41. The lowest BCUT2D eigenvalue weighted by Crippen LogP contribution is -2.36. The normalized spacial score (nSPS) is 27.7. The van der Waals surface area contributed by atoms with Gasteiger partial charge in [0.2, 0.25) is 0 Å². The summed E-state index contributed by atoms with van der Waals surface area (Å²) in [6.45, 7) is 6.05. The van der Waals surface area contributed by atoms with Gasteiger partial charge in [0.05, 0.1) is 33.6 Å². The summed E-state index contributed by atoms with van der Waals surface area (Å²) in [5.74, 6) is -0.730. The van der Waals surface area contributed by atoms with E-state index in [2.05, 4.69) is 42.4 Å². The minimum absolute atomic E-state index is 0.0307. The van der Waals surface area contributed by atoms with Crippen LogP contribution in [0.1, 0.15) is 57.7 Å². The van der Waals surface area contributed by atoms with Crippen molar-refractivity contribution in [1.29, 1.82) is 0 Å². The van der Waals surface area contributed by atoms with Gasteiger partial charge < -0.3 is 19.1 Å². The van der Waals surface area contributed by atoms with Gasteiger partial charge in [-0.05, 0) is 72.8 Å². The van der Waals surface area contributed by atoms with Gasteiger partial charge in [0, 0.05) is 17.0 Å². The van der Waals surface area contributed by atoms with E-state index < -0.39 is 11.9 Å². The number of nitrogens with zero attached hydrogens (tertiary/aromatic N) is 4. The zero-order valence-electron chi connectivity index (χ0n) is 20.7. The van der Waals surface area contributed by atoms with Gasteiger partial charge in [-0.2, -0.15) is 0 Å². The largest absolute Gasteiger partial charge is 0.388 e. The number of halogens is 3. The predicted octanol–water partition coefficient (Wildman–Crippen LogP) is 7.03. The number of rotatable bonds is 5. The van der Waals surface area contributed by atoms with Crippen molar-refractivity contribution in [3.63, 3.8) is 0 Å². The Hall–Kier alpha value is -1.81. The van der Waals surface area contributed by atoms with Crippen LogP contribution in [0.4, 0.5) is 0 Å². The van der Waals surface area contributed by atoms with Gasteiger partial charge in [0.25, 0.3) is 0 Å². The van der Waals surface area contributed by atoms with Crippen LogP contribution in [-0.4, -0.2) is 42.6 Å². The van der Waals surface area contributed by atoms with E-state index in [1.54, 1.807) is 0 Å². The van der Waals surface area contributed by atoms with E-state index in [9.17, 15) is 5.11 Å². The maximum Gasteiger partial charge on any atom is 0.163 e. The van der Waals surface area contributed by atoms with Crippen molar-refractivity contribution < 1.29 is 14.6 Å². The number of aliphatic hydroxyl groups excluding tert-OH is 1. The third kappa shape index (κ3) is 4.26. The van der Waals surface area contributed by atoms with Crippen LogP contribution in [0, 0.1) is 5.41 Å². The molecule has 3 aromatic heterocycles. The molecule has 7 nitrogen and oxygen atoms in total. The zero-order valence-corrected chi connectivity index (χ0v) is 23.8. The standard InChI is InChI=1S/C27H27BrCl2N4O3/c1-4-27(12-20(35)15-6-5-14-9-17(28)24(30)33-18(14)10-15)11-19(21-22(27)37-26(2,3)36-21)34-8-7-16-23(29)31-13-32-25(16)34/h5-10,13,19-22,35H,4,11-12H2,1-3H3/t19-,20?,21+,22+,27-/m1/s1. The van der Waals surface area contributed by atoms with E-state index in [1.807, 2.05) is 50.4 Å². The average Bonchev–Trinajstić information content (AvgIpc) is 3.51. The first-order valence-electron chi connectivity index (χ1n) is 12.4. The van der Waals surface area contributed by atoms with Gasteiger partial charge in [0.1, 0.15) is 28.4 Å². The van der Waals surface area contributed by atoms with E-state index in [1.165, 1.54) is 6.33 Å². The van der Waals surface area contributed by atoms with Gasteiger partial charge in [-0.3, -0.25) is 0 Å². The van der Waals surface area contributed by atoms with Crippen molar-refractivity contribution in [3.8, 4) is 0 Å². The molecule has 0 radical (unpaired) electrons. The van der Waals surface area contributed by atoms with Crippen LogP contribution in [0.5, 0.6) is 0 Å². The molecule has 10 heteroatoms. The molecule has 0 bridgehead atoms. The monoisotopic (exact) mass is 604 g/mol. The summed E-state index contributed by atoms with van der Waals surface area (Å²) >= 11 is 16.0. The molecule has 194 valence electrons. The molecule has 1 saturated heterocycles. The van der Waals surface area contributed by atoms with Crippen molar-refractivity contribution in [3.05, 3.63) is 63.2 Å². The lowest BCUT2D eigenvalue weighted by atomic mass is 9.75. The Morgan fingerprint density at radius 3 is 2.76 bits per heavy atom. The topological polar surface area (TPSA) is 82.3 Å². The van der Waals surface area contributed by atoms with Crippen molar-refractivity contribution in [2.45, 2.75) is 70.2 Å². The fourth-order valence-corrected chi connectivity index (χ4v) is 6.86. The molecular formula is C27H27BrCl2N4O3. The first-order valence-corrected chi connectivity index (χ1v) is 13.9.